The molecule has 5 heteroatoms. The zero-order chi connectivity index (χ0) is 6.69. The first kappa shape index (κ1) is 6.31. The molecule has 4 nitrogen and oxygen atoms in total. The van der Waals surface area contributed by atoms with E-state index in [4.69, 9.17) is 4.55 Å². The van der Waals surface area contributed by atoms with Crippen LogP contribution in [0.5, 0.6) is 5.95 Å². The third-order valence-electron chi connectivity index (χ3n) is 0.648. The lowest BCUT2D eigenvalue weighted by atomic mass is 10.7. The second-order valence-corrected chi connectivity index (χ2v) is 1.83. The van der Waals surface area contributed by atoms with Crippen molar-refractivity contribution < 1.29 is 17.4 Å². The minimum absolute atomic E-state index is 0.0378. The lowest BCUT2D eigenvalue weighted by Crippen LogP contribution is -1.95. The van der Waals surface area contributed by atoms with Crippen molar-refractivity contribution in [2.24, 2.45) is 0 Å². The van der Waals surface area contributed by atoms with Crippen LogP contribution >= 0.6 is 0 Å². The fourth-order valence-electron chi connectivity index (χ4n) is 0.381. The lowest BCUT2D eigenvalue weighted by molar-refractivity contribution is 0.372. The van der Waals surface area contributed by atoms with Gasteiger partial charge in [0.05, 0.1) is 6.26 Å². The molecule has 1 rings (SSSR count). The number of hydrogen-bond donors (Lipinski definition) is 1. The van der Waals surface area contributed by atoms with E-state index in [2.05, 4.69) is 8.60 Å². The molecule has 0 aliphatic heterocycles. The monoisotopic (exact) mass is 148 g/mol. The number of hydrogen-bond acceptors (Lipinski definition) is 3. The molecular weight excluding hydrogens is 144 g/mol. The Morgan fingerprint density at radius 3 is 3.00 bits per heavy atom. The Balaban J connectivity index is 2.58. The summed E-state index contributed by atoms with van der Waals surface area (Å²) in [7, 11) is 0. The molecule has 0 saturated carbocycles. The molecule has 50 valence electrons. The van der Waals surface area contributed by atoms with E-state index in [9.17, 15) is 4.21 Å². The number of furan rings is 1. The largest absolute Gasteiger partial charge is 0.433 e. The van der Waals surface area contributed by atoms with E-state index < -0.39 is 11.4 Å². The number of rotatable bonds is 2. The van der Waals surface area contributed by atoms with Gasteiger partial charge in [0, 0.05) is 6.07 Å². The van der Waals surface area contributed by atoms with Gasteiger partial charge in [-0.1, -0.05) is 0 Å². The molecule has 1 unspecified atom stereocenters. The van der Waals surface area contributed by atoms with Gasteiger partial charge >= 0.3 is 17.3 Å². The van der Waals surface area contributed by atoms with Crippen LogP contribution in [0.15, 0.2) is 22.8 Å². The second-order valence-electron chi connectivity index (χ2n) is 1.23. The van der Waals surface area contributed by atoms with E-state index >= 15 is 0 Å². The van der Waals surface area contributed by atoms with Gasteiger partial charge in [0.15, 0.2) is 0 Å². The van der Waals surface area contributed by atoms with Crippen LogP contribution in [0, 0.1) is 0 Å². The fraction of sp³-hybridized carbons (Fsp3) is 0. The average Bonchev–Trinajstić information content (AvgIpc) is 2.15. The van der Waals surface area contributed by atoms with Crippen molar-refractivity contribution in [3.05, 3.63) is 18.4 Å². The third kappa shape index (κ3) is 1.87. The molecule has 0 radical (unpaired) electrons. The molecular formula is C4H4O4S. The van der Waals surface area contributed by atoms with Gasteiger partial charge in [-0.3, -0.25) is 4.55 Å². The van der Waals surface area contributed by atoms with Gasteiger partial charge in [-0.2, -0.15) is 4.21 Å². The maximum absolute atomic E-state index is 9.90. The predicted molar refractivity (Wildman–Crippen MR) is 30.1 cm³/mol. The molecule has 0 saturated heterocycles. The summed E-state index contributed by atoms with van der Waals surface area (Å²) in [6, 6.07) is 3.00. The Bertz CT molecular complexity index is 192. The highest BCUT2D eigenvalue weighted by Crippen LogP contribution is 2.09. The fourth-order valence-corrected chi connectivity index (χ4v) is 0.617. The standard InChI is InChI=1S/C4H4O4S/c5-9(6)8-4-2-1-3-7-4/h1-3H,(H,5,6). The van der Waals surface area contributed by atoms with Gasteiger partial charge in [-0.05, 0) is 6.07 Å². The summed E-state index contributed by atoms with van der Waals surface area (Å²) in [4.78, 5) is 0. The van der Waals surface area contributed by atoms with Crippen molar-refractivity contribution in [2.75, 3.05) is 0 Å². The minimum Gasteiger partial charge on any atom is -0.433 e. The Kier molecular flexibility index (Phi) is 1.86. The smallest absolute Gasteiger partial charge is 0.360 e. The Labute approximate surface area is 53.9 Å². The quantitative estimate of drug-likeness (QED) is 0.630. The zero-order valence-corrected chi connectivity index (χ0v) is 5.13. The van der Waals surface area contributed by atoms with Crippen molar-refractivity contribution >= 4 is 11.4 Å². The molecule has 1 heterocycles. The topological polar surface area (TPSA) is 59.7 Å². The first-order valence-corrected chi connectivity index (χ1v) is 3.15. The molecule has 0 bridgehead atoms. The SMILES string of the molecule is O=S(O)Oc1ccco1. The van der Waals surface area contributed by atoms with Gasteiger partial charge < -0.3 is 8.60 Å². The summed E-state index contributed by atoms with van der Waals surface area (Å²) >= 11 is -2.29. The van der Waals surface area contributed by atoms with Gasteiger partial charge in [0.25, 0.3) is 0 Å². The molecule has 0 fully saturated rings. The van der Waals surface area contributed by atoms with Crippen LogP contribution in [-0.2, 0) is 11.4 Å². The highest BCUT2D eigenvalue weighted by molar-refractivity contribution is 7.74. The molecule has 0 aliphatic carbocycles. The third-order valence-corrected chi connectivity index (χ3v) is 0.955. The summed E-state index contributed by atoms with van der Waals surface area (Å²) < 4.78 is 26.8. The summed E-state index contributed by atoms with van der Waals surface area (Å²) in [6.45, 7) is 0. The molecule has 0 aromatic carbocycles. The van der Waals surface area contributed by atoms with E-state index in [0.717, 1.165) is 0 Å². The van der Waals surface area contributed by atoms with Crippen molar-refractivity contribution in [1.29, 1.82) is 0 Å². The molecule has 0 amide bonds. The second kappa shape index (κ2) is 2.65. The van der Waals surface area contributed by atoms with Crippen molar-refractivity contribution in [3.8, 4) is 5.95 Å². The van der Waals surface area contributed by atoms with Crippen LogP contribution < -0.4 is 4.18 Å². The molecule has 9 heavy (non-hydrogen) atoms. The van der Waals surface area contributed by atoms with E-state index in [1.165, 1.54) is 12.3 Å². The molecule has 0 spiro atoms. The van der Waals surface area contributed by atoms with Crippen LogP contribution in [0.4, 0.5) is 0 Å². The summed E-state index contributed by atoms with van der Waals surface area (Å²) in [5, 5.41) is 0. The van der Waals surface area contributed by atoms with Crippen LogP contribution in [0.2, 0.25) is 0 Å². The van der Waals surface area contributed by atoms with Crippen LogP contribution in [0.25, 0.3) is 0 Å². The molecule has 1 atom stereocenters. The predicted octanol–water partition coefficient (Wildman–Crippen LogP) is 0.795. The van der Waals surface area contributed by atoms with Crippen molar-refractivity contribution in [1.82, 2.24) is 0 Å². The van der Waals surface area contributed by atoms with E-state index in [1.54, 1.807) is 6.07 Å². The average molecular weight is 148 g/mol. The first-order chi connectivity index (χ1) is 4.29. The normalized spacial score (nSPS) is 13.0. The Hall–Kier alpha value is -0.810. The van der Waals surface area contributed by atoms with Gasteiger partial charge in [-0.25, -0.2) is 0 Å². The lowest BCUT2D eigenvalue weighted by Gasteiger charge is -1.89. The van der Waals surface area contributed by atoms with Crippen molar-refractivity contribution in [2.45, 2.75) is 0 Å². The van der Waals surface area contributed by atoms with E-state index in [1.807, 2.05) is 0 Å². The molecule has 1 N–H and O–H groups in total. The van der Waals surface area contributed by atoms with Crippen molar-refractivity contribution in [3.63, 3.8) is 0 Å². The highest BCUT2D eigenvalue weighted by Gasteiger charge is 1.97. The van der Waals surface area contributed by atoms with Gasteiger partial charge in [0.1, 0.15) is 0 Å². The first-order valence-electron chi connectivity index (χ1n) is 2.12. The summed E-state index contributed by atoms with van der Waals surface area (Å²) in [5.74, 6) is 0.0378. The van der Waals surface area contributed by atoms with Gasteiger partial charge in [0.2, 0.25) is 0 Å². The van der Waals surface area contributed by atoms with Gasteiger partial charge in [-0.15, -0.1) is 0 Å². The van der Waals surface area contributed by atoms with Crippen LogP contribution in [0.3, 0.4) is 0 Å². The maximum Gasteiger partial charge on any atom is 0.360 e. The molecule has 1 aromatic rings. The minimum atomic E-state index is -2.29. The Morgan fingerprint density at radius 2 is 2.56 bits per heavy atom. The summed E-state index contributed by atoms with van der Waals surface area (Å²) in [6.07, 6.45) is 1.35. The van der Waals surface area contributed by atoms with Crippen LogP contribution in [-0.4, -0.2) is 8.76 Å². The van der Waals surface area contributed by atoms with E-state index in [-0.39, 0.29) is 5.95 Å². The Morgan fingerprint density at radius 1 is 1.78 bits per heavy atom. The maximum atomic E-state index is 9.90. The molecule has 1 aromatic heterocycles. The zero-order valence-electron chi connectivity index (χ0n) is 4.31. The molecule has 0 aliphatic rings. The van der Waals surface area contributed by atoms with E-state index in [0.29, 0.717) is 0 Å². The van der Waals surface area contributed by atoms with Crippen LogP contribution in [0.1, 0.15) is 0 Å². The summed E-state index contributed by atoms with van der Waals surface area (Å²) in [5.41, 5.74) is 0. The highest BCUT2D eigenvalue weighted by atomic mass is 32.2.